The summed E-state index contributed by atoms with van der Waals surface area (Å²) in [5, 5.41) is 20.3. The lowest BCUT2D eigenvalue weighted by Crippen LogP contribution is -2.44. The van der Waals surface area contributed by atoms with E-state index >= 15 is 0 Å². The lowest BCUT2D eigenvalue weighted by Gasteiger charge is -2.25. The van der Waals surface area contributed by atoms with E-state index in [0.29, 0.717) is 6.42 Å². The molecule has 0 radical (unpaired) electrons. The molecule has 2 N–H and O–H groups in total. The summed E-state index contributed by atoms with van der Waals surface area (Å²) in [6.07, 6.45) is 28.8. The highest BCUT2D eigenvalue weighted by atomic mass is 16.6. The second kappa shape index (κ2) is 31.5. The van der Waals surface area contributed by atoms with E-state index in [4.69, 9.17) is 14.2 Å². The maximum Gasteiger partial charge on any atom is 0.306 e. The summed E-state index contributed by atoms with van der Waals surface area (Å²) in [7, 11) is 0. The first kappa shape index (κ1) is 45.8. The van der Waals surface area contributed by atoms with Crippen LogP contribution in [-0.4, -0.2) is 59.8 Å². The van der Waals surface area contributed by atoms with Gasteiger partial charge in [-0.25, -0.2) is 0 Å². The number of carbonyl (C=O) groups excluding carboxylic acids is 2. The molecule has 0 amide bonds. The number of rotatable bonds is 34. The van der Waals surface area contributed by atoms with Crippen LogP contribution in [0.1, 0.15) is 207 Å². The van der Waals surface area contributed by atoms with Gasteiger partial charge in [-0.2, -0.15) is 0 Å². The molecule has 7 heteroatoms. The molecule has 1 fully saturated rings. The minimum absolute atomic E-state index is 0.0371. The zero-order valence-corrected chi connectivity index (χ0v) is 32.6. The van der Waals surface area contributed by atoms with Gasteiger partial charge in [0.1, 0.15) is 24.9 Å². The fraction of sp³-hybridized carbons (Fsp3) is 0.952. The Hall–Kier alpha value is -1.18. The number of esters is 2. The van der Waals surface area contributed by atoms with Crippen molar-refractivity contribution in [3.05, 3.63) is 0 Å². The van der Waals surface area contributed by atoms with Crippen LogP contribution in [0.15, 0.2) is 0 Å². The SMILES string of the molecule is CC(C)CCCCCCCCCCCCCCC(=O)OCC(OC(=O)CCCCCCCCCCCCCCC(C)C)C1OCC(O)C1O. The summed E-state index contributed by atoms with van der Waals surface area (Å²) < 4.78 is 16.6. The van der Waals surface area contributed by atoms with Crippen molar-refractivity contribution in [3.63, 3.8) is 0 Å². The van der Waals surface area contributed by atoms with Crippen molar-refractivity contribution >= 4 is 11.9 Å². The van der Waals surface area contributed by atoms with E-state index in [-0.39, 0.29) is 31.6 Å². The van der Waals surface area contributed by atoms with E-state index in [9.17, 15) is 19.8 Å². The standard InChI is InChI=1S/C42H80O7/c1-35(2)29-25-21-17-13-9-5-7-11-15-19-23-27-31-39(44)47-34-38(42-41(46)37(43)33-48-42)49-40(45)32-28-24-20-16-12-8-6-10-14-18-22-26-30-36(3)4/h35-38,41-43,46H,5-34H2,1-4H3. The zero-order chi connectivity index (χ0) is 36.0. The van der Waals surface area contributed by atoms with Crippen LogP contribution in [-0.2, 0) is 23.8 Å². The fourth-order valence-electron chi connectivity index (χ4n) is 6.80. The number of ether oxygens (including phenoxy) is 3. The van der Waals surface area contributed by atoms with Crippen LogP contribution >= 0.6 is 0 Å². The Morgan fingerprint density at radius 3 is 1.24 bits per heavy atom. The third-order valence-electron chi connectivity index (χ3n) is 10.1. The maximum absolute atomic E-state index is 12.6. The largest absolute Gasteiger partial charge is 0.462 e. The van der Waals surface area contributed by atoms with Gasteiger partial charge in [-0.1, -0.05) is 182 Å². The molecule has 0 aromatic carbocycles. The summed E-state index contributed by atoms with van der Waals surface area (Å²) in [5.41, 5.74) is 0. The van der Waals surface area contributed by atoms with E-state index in [1.807, 2.05) is 0 Å². The minimum atomic E-state index is -1.18. The van der Waals surface area contributed by atoms with Crippen LogP contribution in [0.4, 0.5) is 0 Å². The van der Waals surface area contributed by atoms with Crippen molar-refractivity contribution in [2.75, 3.05) is 13.2 Å². The molecule has 1 aliphatic heterocycles. The van der Waals surface area contributed by atoms with Crippen molar-refractivity contribution in [2.24, 2.45) is 11.8 Å². The van der Waals surface area contributed by atoms with Gasteiger partial charge >= 0.3 is 11.9 Å². The average molecular weight is 697 g/mol. The van der Waals surface area contributed by atoms with Gasteiger partial charge in [0.05, 0.1) is 6.61 Å². The van der Waals surface area contributed by atoms with Crippen LogP contribution in [0.25, 0.3) is 0 Å². The van der Waals surface area contributed by atoms with Gasteiger partial charge in [-0.3, -0.25) is 9.59 Å². The summed E-state index contributed by atoms with van der Waals surface area (Å²) in [4.78, 5) is 25.1. The molecule has 0 spiro atoms. The van der Waals surface area contributed by atoms with Crippen LogP contribution in [0.2, 0.25) is 0 Å². The molecule has 1 heterocycles. The molecule has 0 aliphatic carbocycles. The summed E-state index contributed by atoms with van der Waals surface area (Å²) >= 11 is 0. The van der Waals surface area contributed by atoms with Gasteiger partial charge < -0.3 is 24.4 Å². The Kier molecular flexibility index (Phi) is 29.5. The quantitative estimate of drug-likeness (QED) is 0.0510. The smallest absolute Gasteiger partial charge is 0.306 e. The first-order valence-electron chi connectivity index (χ1n) is 21.0. The van der Waals surface area contributed by atoms with Gasteiger partial charge in [0.15, 0.2) is 6.10 Å². The van der Waals surface area contributed by atoms with E-state index in [1.54, 1.807) is 0 Å². The molecule has 290 valence electrons. The minimum Gasteiger partial charge on any atom is -0.462 e. The molecule has 1 saturated heterocycles. The highest BCUT2D eigenvalue weighted by molar-refractivity contribution is 5.70. The predicted molar refractivity (Wildman–Crippen MR) is 202 cm³/mol. The molecule has 0 saturated carbocycles. The van der Waals surface area contributed by atoms with Crippen molar-refractivity contribution in [3.8, 4) is 0 Å². The van der Waals surface area contributed by atoms with Gasteiger partial charge in [0.2, 0.25) is 0 Å². The fourth-order valence-corrected chi connectivity index (χ4v) is 6.80. The van der Waals surface area contributed by atoms with Crippen molar-refractivity contribution < 1.29 is 34.0 Å². The van der Waals surface area contributed by atoms with Crippen LogP contribution in [0.5, 0.6) is 0 Å². The third-order valence-corrected chi connectivity index (χ3v) is 10.1. The Morgan fingerprint density at radius 2 is 0.898 bits per heavy atom. The topological polar surface area (TPSA) is 102 Å². The molecular weight excluding hydrogens is 616 g/mol. The molecule has 4 atom stereocenters. The van der Waals surface area contributed by atoms with Crippen LogP contribution in [0.3, 0.4) is 0 Å². The molecule has 0 bridgehead atoms. The van der Waals surface area contributed by atoms with E-state index in [2.05, 4.69) is 27.7 Å². The predicted octanol–water partition coefficient (Wildman–Crippen LogP) is 10.8. The maximum atomic E-state index is 12.6. The number of carbonyl (C=O) groups is 2. The monoisotopic (exact) mass is 697 g/mol. The number of hydrogen-bond donors (Lipinski definition) is 2. The van der Waals surface area contributed by atoms with E-state index in [1.165, 1.54) is 128 Å². The Morgan fingerprint density at radius 1 is 0.551 bits per heavy atom. The second-order valence-corrected chi connectivity index (χ2v) is 15.9. The molecule has 0 aromatic heterocycles. The van der Waals surface area contributed by atoms with Gasteiger partial charge in [-0.15, -0.1) is 0 Å². The molecule has 49 heavy (non-hydrogen) atoms. The second-order valence-electron chi connectivity index (χ2n) is 15.9. The summed E-state index contributed by atoms with van der Waals surface area (Å²) in [6, 6.07) is 0. The van der Waals surface area contributed by atoms with Gasteiger partial charge in [0.25, 0.3) is 0 Å². The van der Waals surface area contributed by atoms with E-state index in [0.717, 1.165) is 50.4 Å². The van der Waals surface area contributed by atoms with Gasteiger partial charge in [-0.05, 0) is 24.7 Å². The average Bonchev–Trinajstić information content (AvgIpc) is 3.40. The molecular formula is C42H80O7. The Bertz CT molecular complexity index is 770. The number of aliphatic hydroxyl groups excluding tert-OH is 2. The van der Waals surface area contributed by atoms with Crippen molar-refractivity contribution in [2.45, 2.75) is 232 Å². The lowest BCUT2D eigenvalue weighted by atomic mass is 10.0. The molecule has 0 aromatic rings. The highest BCUT2D eigenvalue weighted by Crippen LogP contribution is 2.22. The molecule has 1 rings (SSSR count). The van der Waals surface area contributed by atoms with Crippen molar-refractivity contribution in [1.82, 2.24) is 0 Å². The lowest BCUT2D eigenvalue weighted by molar-refractivity contribution is -0.170. The van der Waals surface area contributed by atoms with E-state index < -0.39 is 24.4 Å². The zero-order valence-electron chi connectivity index (χ0n) is 32.6. The highest BCUT2D eigenvalue weighted by Gasteiger charge is 2.42. The summed E-state index contributed by atoms with van der Waals surface area (Å²) in [6.45, 7) is 9.00. The molecule has 1 aliphatic rings. The Labute approximate surface area is 302 Å². The van der Waals surface area contributed by atoms with Crippen LogP contribution < -0.4 is 0 Å². The van der Waals surface area contributed by atoms with Crippen LogP contribution in [0, 0.1) is 11.8 Å². The van der Waals surface area contributed by atoms with Gasteiger partial charge in [0, 0.05) is 12.8 Å². The number of unbranched alkanes of at least 4 members (excludes halogenated alkanes) is 22. The Balaban J connectivity index is 2.11. The normalized spacial score (nSPS) is 18.4. The summed E-state index contributed by atoms with van der Waals surface area (Å²) in [5.74, 6) is 0.944. The molecule has 7 nitrogen and oxygen atoms in total. The molecule has 4 unspecified atom stereocenters. The number of hydrogen-bond acceptors (Lipinski definition) is 7. The third kappa shape index (κ3) is 27.2. The first-order chi connectivity index (χ1) is 23.7. The van der Waals surface area contributed by atoms with Crippen molar-refractivity contribution in [1.29, 1.82) is 0 Å². The number of aliphatic hydroxyl groups is 2. The first-order valence-corrected chi connectivity index (χ1v) is 21.0.